The molecule has 1 aromatic rings. The first-order valence-electron chi connectivity index (χ1n) is 6.95. The van der Waals surface area contributed by atoms with Gasteiger partial charge in [-0.3, -0.25) is 4.99 Å². The smallest absolute Gasteiger partial charge is 0.192 e. The quantitative estimate of drug-likeness (QED) is 0.900. The van der Waals surface area contributed by atoms with Crippen LogP contribution in [0.25, 0.3) is 0 Å². The molecule has 0 aromatic heterocycles. The van der Waals surface area contributed by atoms with Gasteiger partial charge in [0.05, 0.1) is 19.2 Å². The summed E-state index contributed by atoms with van der Waals surface area (Å²) in [5, 5.41) is 0. The van der Waals surface area contributed by atoms with Gasteiger partial charge in [-0.2, -0.15) is 0 Å². The largest absolute Gasteiger partial charge is 0.497 e. The fourth-order valence-electron chi connectivity index (χ4n) is 3.07. The Hall–Kier alpha value is -1.71. The van der Waals surface area contributed by atoms with E-state index in [4.69, 9.17) is 10.5 Å². The molecule has 1 unspecified atom stereocenters. The molecule has 2 aliphatic rings. The molecule has 4 heteroatoms. The van der Waals surface area contributed by atoms with E-state index in [1.165, 1.54) is 18.4 Å². The number of hydrogen-bond acceptors (Lipinski definition) is 4. The van der Waals surface area contributed by atoms with Gasteiger partial charge in [-0.15, -0.1) is 0 Å². The van der Waals surface area contributed by atoms with E-state index >= 15 is 0 Å². The van der Waals surface area contributed by atoms with Gasteiger partial charge in [0.25, 0.3) is 0 Å². The highest BCUT2D eigenvalue weighted by atomic mass is 16.5. The minimum Gasteiger partial charge on any atom is -0.497 e. The molecule has 19 heavy (non-hydrogen) atoms. The van der Waals surface area contributed by atoms with Gasteiger partial charge in [0.15, 0.2) is 5.96 Å². The number of nitrogens with zero attached hydrogens (tertiary/aromatic N) is 2. The summed E-state index contributed by atoms with van der Waals surface area (Å²) in [5.41, 5.74) is 7.34. The number of rotatable bonds is 4. The van der Waals surface area contributed by atoms with Gasteiger partial charge < -0.3 is 15.4 Å². The topological polar surface area (TPSA) is 50.9 Å². The highest BCUT2D eigenvalue weighted by Gasteiger charge is 2.48. The van der Waals surface area contributed by atoms with Crippen LogP contribution in [-0.4, -0.2) is 30.6 Å². The van der Waals surface area contributed by atoms with E-state index in [1.54, 1.807) is 7.11 Å². The Morgan fingerprint density at radius 3 is 2.58 bits per heavy atom. The van der Waals surface area contributed by atoms with Gasteiger partial charge in [-0.25, -0.2) is 0 Å². The number of aliphatic imine (C=N–C) groups is 1. The molecule has 0 bridgehead atoms. The maximum atomic E-state index is 6.12. The number of benzene rings is 1. The Kier molecular flexibility index (Phi) is 2.88. The second kappa shape index (κ2) is 4.44. The maximum Gasteiger partial charge on any atom is 0.192 e. The Morgan fingerprint density at radius 1 is 1.37 bits per heavy atom. The summed E-state index contributed by atoms with van der Waals surface area (Å²) in [4.78, 5) is 6.85. The summed E-state index contributed by atoms with van der Waals surface area (Å²) < 4.78 is 5.24. The average molecular weight is 259 g/mol. The van der Waals surface area contributed by atoms with Crippen molar-refractivity contribution >= 4 is 5.96 Å². The molecule has 2 N–H and O–H groups in total. The molecule has 0 amide bonds. The monoisotopic (exact) mass is 259 g/mol. The summed E-state index contributed by atoms with van der Waals surface area (Å²) in [6.07, 6.45) is 3.47. The highest BCUT2D eigenvalue weighted by molar-refractivity contribution is 5.82. The third kappa shape index (κ3) is 1.86. The standard InChI is InChI=1S/C15H21N3O/c1-3-15(11-4-8-13(19-2)9-5-11)10-17-14(16)18(15)12-6-7-12/h4-5,8-9,12H,3,6-7,10H2,1-2H3,(H2,16,17). The zero-order valence-corrected chi connectivity index (χ0v) is 11.6. The molecule has 0 saturated heterocycles. The minimum absolute atomic E-state index is 0.0580. The third-order valence-corrected chi connectivity index (χ3v) is 4.33. The maximum absolute atomic E-state index is 6.12. The number of methoxy groups -OCH3 is 1. The molecule has 3 rings (SSSR count). The lowest BCUT2D eigenvalue weighted by Gasteiger charge is -2.39. The lowest BCUT2D eigenvalue weighted by Crippen LogP contribution is -2.50. The number of hydrogen-bond donors (Lipinski definition) is 1. The lowest BCUT2D eigenvalue weighted by atomic mass is 9.86. The van der Waals surface area contributed by atoms with E-state index in [2.05, 4.69) is 28.9 Å². The van der Waals surface area contributed by atoms with Crippen LogP contribution in [0.1, 0.15) is 31.7 Å². The molecule has 1 saturated carbocycles. The zero-order chi connectivity index (χ0) is 13.5. The third-order valence-electron chi connectivity index (χ3n) is 4.33. The first-order chi connectivity index (χ1) is 9.21. The van der Waals surface area contributed by atoms with Crippen molar-refractivity contribution in [3.8, 4) is 5.75 Å². The van der Waals surface area contributed by atoms with Crippen molar-refractivity contribution in [2.75, 3.05) is 13.7 Å². The summed E-state index contributed by atoms with van der Waals surface area (Å²) in [7, 11) is 1.69. The first-order valence-corrected chi connectivity index (χ1v) is 6.95. The molecular weight excluding hydrogens is 238 g/mol. The second-order valence-electron chi connectivity index (χ2n) is 5.39. The Balaban J connectivity index is 1.98. The van der Waals surface area contributed by atoms with Crippen molar-refractivity contribution in [1.82, 2.24) is 4.90 Å². The summed E-state index contributed by atoms with van der Waals surface area (Å²) in [5.74, 6) is 1.60. The van der Waals surface area contributed by atoms with Crippen molar-refractivity contribution < 1.29 is 4.74 Å². The molecule has 0 spiro atoms. The Bertz CT molecular complexity index is 493. The van der Waals surface area contributed by atoms with E-state index in [0.29, 0.717) is 12.0 Å². The van der Waals surface area contributed by atoms with Gasteiger partial charge in [0.2, 0.25) is 0 Å². The van der Waals surface area contributed by atoms with Crippen molar-refractivity contribution in [3.05, 3.63) is 29.8 Å². The van der Waals surface area contributed by atoms with Crippen molar-refractivity contribution in [1.29, 1.82) is 0 Å². The fraction of sp³-hybridized carbons (Fsp3) is 0.533. The van der Waals surface area contributed by atoms with Crippen LogP contribution in [0.5, 0.6) is 5.75 Å². The molecule has 4 nitrogen and oxygen atoms in total. The number of guanidine groups is 1. The first kappa shape index (κ1) is 12.3. The second-order valence-corrected chi connectivity index (χ2v) is 5.39. The number of ether oxygens (including phenoxy) is 1. The molecule has 1 atom stereocenters. The predicted octanol–water partition coefficient (Wildman–Crippen LogP) is 2.09. The van der Waals surface area contributed by atoms with E-state index in [0.717, 1.165) is 18.7 Å². The average Bonchev–Trinajstić information content (AvgIpc) is 3.23. The van der Waals surface area contributed by atoms with Crippen LogP contribution in [0.2, 0.25) is 0 Å². The molecule has 1 aliphatic carbocycles. The highest BCUT2D eigenvalue weighted by Crippen LogP contribution is 2.43. The molecule has 1 fully saturated rings. The van der Waals surface area contributed by atoms with Gasteiger partial charge in [-0.1, -0.05) is 19.1 Å². The van der Waals surface area contributed by atoms with E-state index in [1.807, 2.05) is 12.1 Å². The molecular formula is C15H21N3O. The zero-order valence-electron chi connectivity index (χ0n) is 11.6. The van der Waals surface area contributed by atoms with Crippen LogP contribution < -0.4 is 10.5 Å². The summed E-state index contributed by atoms with van der Waals surface area (Å²) in [6, 6.07) is 8.91. The minimum atomic E-state index is -0.0580. The van der Waals surface area contributed by atoms with Crippen LogP contribution >= 0.6 is 0 Å². The Labute approximate surface area is 114 Å². The fourth-order valence-corrected chi connectivity index (χ4v) is 3.07. The molecule has 1 aromatic carbocycles. The SMILES string of the molecule is CCC1(c2ccc(OC)cc2)CN=C(N)N1C1CC1. The number of nitrogens with two attached hydrogens (primary N) is 1. The Morgan fingerprint density at radius 2 is 2.05 bits per heavy atom. The van der Waals surface area contributed by atoms with Gasteiger partial charge in [-0.05, 0) is 37.0 Å². The van der Waals surface area contributed by atoms with Crippen molar-refractivity contribution in [3.63, 3.8) is 0 Å². The lowest BCUT2D eigenvalue weighted by molar-refractivity contribution is 0.185. The summed E-state index contributed by atoms with van der Waals surface area (Å²) in [6.45, 7) is 2.98. The van der Waals surface area contributed by atoms with E-state index in [-0.39, 0.29) is 5.54 Å². The molecule has 102 valence electrons. The van der Waals surface area contributed by atoms with Crippen molar-refractivity contribution in [2.45, 2.75) is 37.8 Å². The van der Waals surface area contributed by atoms with Crippen LogP contribution in [0.15, 0.2) is 29.3 Å². The van der Waals surface area contributed by atoms with Gasteiger partial charge in [0.1, 0.15) is 5.75 Å². The molecule has 1 aliphatic heterocycles. The normalized spacial score (nSPS) is 26.4. The summed E-state index contributed by atoms with van der Waals surface area (Å²) >= 11 is 0. The van der Waals surface area contributed by atoms with Gasteiger partial charge >= 0.3 is 0 Å². The van der Waals surface area contributed by atoms with E-state index < -0.39 is 0 Å². The van der Waals surface area contributed by atoms with E-state index in [9.17, 15) is 0 Å². The predicted molar refractivity (Wildman–Crippen MR) is 76.3 cm³/mol. The van der Waals surface area contributed by atoms with Crippen LogP contribution in [0.4, 0.5) is 0 Å². The molecule has 1 heterocycles. The van der Waals surface area contributed by atoms with Crippen LogP contribution in [-0.2, 0) is 5.54 Å². The van der Waals surface area contributed by atoms with Crippen LogP contribution in [0, 0.1) is 0 Å². The van der Waals surface area contributed by atoms with Gasteiger partial charge in [0, 0.05) is 6.04 Å². The van der Waals surface area contributed by atoms with Crippen molar-refractivity contribution in [2.24, 2.45) is 10.7 Å². The molecule has 0 radical (unpaired) electrons. The van der Waals surface area contributed by atoms with Crippen LogP contribution in [0.3, 0.4) is 0 Å².